The number of hydrogen-bond acceptors (Lipinski definition) is 2. The molecule has 0 heterocycles. The minimum atomic E-state index is 0.753. The minimum absolute atomic E-state index is 0.753. The Kier molecular flexibility index (Phi) is 5.12. The highest BCUT2D eigenvalue weighted by atomic mass is 14.6. The predicted molar refractivity (Wildman–Crippen MR) is 164 cm³/mol. The van der Waals surface area contributed by atoms with Crippen molar-refractivity contribution in [2.45, 2.75) is 0 Å². The van der Waals surface area contributed by atoms with Gasteiger partial charge in [-0.3, -0.25) is 0 Å². The molecule has 0 saturated heterocycles. The topological polar surface area (TPSA) is 52.0 Å². The zero-order valence-corrected chi connectivity index (χ0v) is 20.9. The summed E-state index contributed by atoms with van der Waals surface area (Å²) >= 11 is 0. The SMILES string of the molecule is Nc1ccc2c(-c3ccccc3)c(-c3c4ccccc4cc4cccc(N)c34)c(-c3ccccc3)cc2c1. The lowest BCUT2D eigenvalue weighted by molar-refractivity contribution is 1.60. The van der Waals surface area contributed by atoms with Crippen molar-refractivity contribution >= 4 is 43.7 Å². The molecule has 0 aliphatic carbocycles. The molecule has 0 aromatic heterocycles. The summed E-state index contributed by atoms with van der Waals surface area (Å²) in [6.45, 7) is 0. The maximum Gasteiger partial charge on any atom is 0.0400 e. The number of anilines is 2. The molecule has 2 heteroatoms. The van der Waals surface area contributed by atoms with Gasteiger partial charge in [-0.05, 0) is 85.1 Å². The van der Waals surface area contributed by atoms with Crippen molar-refractivity contribution in [3.8, 4) is 33.4 Å². The molecule has 7 aromatic carbocycles. The van der Waals surface area contributed by atoms with E-state index in [1.54, 1.807) is 0 Å². The lowest BCUT2D eigenvalue weighted by atomic mass is 9.80. The summed E-state index contributed by atoms with van der Waals surface area (Å²) < 4.78 is 0. The zero-order chi connectivity index (χ0) is 25.6. The van der Waals surface area contributed by atoms with Crippen molar-refractivity contribution in [2.75, 3.05) is 11.5 Å². The van der Waals surface area contributed by atoms with Gasteiger partial charge in [0.2, 0.25) is 0 Å². The van der Waals surface area contributed by atoms with Crippen LogP contribution < -0.4 is 11.5 Å². The van der Waals surface area contributed by atoms with Crippen molar-refractivity contribution in [1.82, 2.24) is 0 Å². The summed E-state index contributed by atoms with van der Waals surface area (Å²) in [4.78, 5) is 0. The second-order valence-corrected chi connectivity index (χ2v) is 9.80. The predicted octanol–water partition coefficient (Wildman–Crippen LogP) is 9.31. The van der Waals surface area contributed by atoms with E-state index in [-0.39, 0.29) is 0 Å². The second-order valence-electron chi connectivity index (χ2n) is 9.80. The Morgan fingerprint density at radius 1 is 0.395 bits per heavy atom. The Morgan fingerprint density at radius 3 is 1.84 bits per heavy atom. The lowest BCUT2D eigenvalue weighted by Gasteiger charge is -2.23. The average molecular weight is 487 g/mol. The molecule has 0 unspecified atom stereocenters. The van der Waals surface area contributed by atoms with E-state index in [0.717, 1.165) is 55.2 Å². The van der Waals surface area contributed by atoms with Crippen LogP contribution in [-0.4, -0.2) is 0 Å². The summed E-state index contributed by atoms with van der Waals surface area (Å²) in [5, 5.41) is 6.86. The molecular weight excluding hydrogens is 460 g/mol. The quantitative estimate of drug-likeness (QED) is 0.193. The van der Waals surface area contributed by atoms with Crippen molar-refractivity contribution < 1.29 is 0 Å². The van der Waals surface area contributed by atoms with Gasteiger partial charge in [-0.1, -0.05) is 103 Å². The molecule has 0 aliphatic heterocycles. The van der Waals surface area contributed by atoms with E-state index in [2.05, 4.69) is 115 Å². The van der Waals surface area contributed by atoms with E-state index in [0.29, 0.717) is 0 Å². The Hall–Kier alpha value is -5.08. The molecule has 38 heavy (non-hydrogen) atoms. The highest BCUT2D eigenvalue weighted by Crippen LogP contribution is 2.50. The van der Waals surface area contributed by atoms with E-state index >= 15 is 0 Å². The molecule has 7 aromatic rings. The molecule has 0 atom stereocenters. The number of benzene rings is 7. The average Bonchev–Trinajstić information content (AvgIpc) is 2.96. The van der Waals surface area contributed by atoms with Gasteiger partial charge in [0.05, 0.1) is 0 Å². The number of nitrogens with two attached hydrogens (primary N) is 2. The van der Waals surface area contributed by atoms with Crippen molar-refractivity contribution in [3.05, 3.63) is 133 Å². The van der Waals surface area contributed by atoms with Crippen LogP contribution >= 0.6 is 0 Å². The van der Waals surface area contributed by atoms with Gasteiger partial charge in [-0.2, -0.15) is 0 Å². The molecule has 0 bridgehead atoms. The molecule has 0 aliphatic rings. The Balaban J connectivity index is 1.79. The number of hydrogen-bond donors (Lipinski definition) is 2. The van der Waals surface area contributed by atoms with Crippen LogP contribution in [-0.2, 0) is 0 Å². The van der Waals surface area contributed by atoms with Crippen LogP contribution in [0.4, 0.5) is 11.4 Å². The van der Waals surface area contributed by atoms with Gasteiger partial charge in [-0.25, -0.2) is 0 Å². The van der Waals surface area contributed by atoms with E-state index < -0.39 is 0 Å². The number of fused-ring (bicyclic) bond motifs is 3. The van der Waals surface area contributed by atoms with Crippen molar-refractivity contribution in [3.63, 3.8) is 0 Å². The maximum absolute atomic E-state index is 6.78. The molecule has 7 rings (SSSR count). The lowest BCUT2D eigenvalue weighted by Crippen LogP contribution is -1.97. The van der Waals surface area contributed by atoms with Gasteiger partial charge in [0.1, 0.15) is 0 Å². The van der Waals surface area contributed by atoms with Crippen LogP contribution in [0.1, 0.15) is 0 Å². The van der Waals surface area contributed by atoms with Gasteiger partial charge in [0, 0.05) is 22.3 Å². The van der Waals surface area contributed by atoms with E-state index in [1.807, 2.05) is 18.2 Å². The molecule has 180 valence electrons. The highest BCUT2D eigenvalue weighted by Gasteiger charge is 2.22. The Morgan fingerprint density at radius 2 is 1.05 bits per heavy atom. The smallest absolute Gasteiger partial charge is 0.0400 e. The van der Waals surface area contributed by atoms with Crippen LogP contribution in [0.5, 0.6) is 0 Å². The van der Waals surface area contributed by atoms with Gasteiger partial charge in [0.15, 0.2) is 0 Å². The summed E-state index contributed by atoms with van der Waals surface area (Å²) in [5.41, 5.74) is 21.6. The first kappa shape index (κ1) is 22.1. The summed E-state index contributed by atoms with van der Waals surface area (Å²) in [6.07, 6.45) is 0. The maximum atomic E-state index is 6.78. The van der Waals surface area contributed by atoms with Crippen molar-refractivity contribution in [1.29, 1.82) is 0 Å². The Labute approximate surface area is 221 Å². The van der Waals surface area contributed by atoms with E-state index in [1.165, 1.54) is 21.9 Å². The second kappa shape index (κ2) is 8.79. The van der Waals surface area contributed by atoms with Crippen LogP contribution in [0.3, 0.4) is 0 Å². The third-order valence-electron chi connectivity index (χ3n) is 7.48. The minimum Gasteiger partial charge on any atom is -0.399 e. The first-order valence-corrected chi connectivity index (χ1v) is 12.9. The first-order valence-electron chi connectivity index (χ1n) is 12.9. The Bertz CT molecular complexity index is 1970. The van der Waals surface area contributed by atoms with Crippen LogP contribution in [0, 0.1) is 0 Å². The molecular formula is C36H26N2. The monoisotopic (exact) mass is 486 g/mol. The largest absolute Gasteiger partial charge is 0.399 e. The fraction of sp³-hybridized carbons (Fsp3) is 0. The first-order chi connectivity index (χ1) is 18.7. The molecule has 0 fully saturated rings. The van der Waals surface area contributed by atoms with Gasteiger partial charge >= 0.3 is 0 Å². The number of rotatable bonds is 3. The van der Waals surface area contributed by atoms with Crippen molar-refractivity contribution in [2.24, 2.45) is 0 Å². The third-order valence-corrected chi connectivity index (χ3v) is 7.48. The molecule has 4 N–H and O–H groups in total. The van der Waals surface area contributed by atoms with E-state index in [9.17, 15) is 0 Å². The van der Waals surface area contributed by atoms with E-state index in [4.69, 9.17) is 11.5 Å². The summed E-state index contributed by atoms with van der Waals surface area (Å²) in [5.74, 6) is 0. The van der Waals surface area contributed by atoms with Gasteiger partial charge < -0.3 is 11.5 Å². The molecule has 2 nitrogen and oxygen atoms in total. The normalized spacial score (nSPS) is 11.4. The molecule has 0 spiro atoms. The van der Waals surface area contributed by atoms with Crippen LogP contribution in [0.25, 0.3) is 65.7 Å². The number of nitrogen functional groups attached to an aromatic ring is 2. The standard InChI is InChI=1S/C36H26N2/c37-28-18-19-30-27(21-28)22-31(23-10-3-1-4-11-23)36(33(30)24-12-5-2-6-13-24)35-29-16-8-7-14-25(29)20-26-15-9-17-32(38)34(26)35/h1-22H,37-38H2. The fourth-order valence-electron chi connectivity index (χ4n) is 5.85. The van der Waals surface area contributed by atoms with Gasteiger partial charge in [-0.15, -0.1) is 0 Å². The third kappa shape index (κ3) is 3.50. The zero-order valence-electron chi connectivity index (χ0n) is 20.9. The highest BCUT2D eigenvalue weighted by molar-refractivity contribution is 6.23. The summed E-state index contributed by atoms with van der Waals surface area (Å²) in [6, 6.07) is 46.9. The van der Waals surface area contributed by atoms with Crippen LogP contribution in [0.15, 0.2) is 133 Å². The van der Waals surface area contributed by atoms with Crippen LogP contribution in [0.2, 0.25) is 0 Å². The molecule has 0 amide bonds. The molecule has 0 saturated carbocycles. The molecule has 0 radical (unpaired) electrons. The summed E-state index contributed by atoms with van der Waals surface area (Å²) in [7, 11) is 0. The fourth-order valence-corrected chi connectivity index (χ4v) is 5.85. The van der Waals surface area contributed by atoms with Gasteiger partial charge in [0.25, 0.3) is 0 Å².